The monoisotopic (exact) mass is 366 g/mol. The van der Waals surface area contributed by atoms with Crippen molar-refractivity contribution in [1.82, 2.24) is 9.97 Å². The predicted octanol–water partition coefficient (Wildman–Crippen LogP) is 3.40. The number of aliphatic hydroxyl groups excluding tert-OH is 1. The van der Waals surface area contributed by atoms with E-state index in [1.807, 2.05) is 6.07 Å². The Labute approximate surface area is 136 Å². The lowest BCUT2D eigenvalue weighted by Gasteiger charge is -2.11. The fourth-order valence-corrected chi connectivity index (χ4v) is 2.43. The quantitative estimate of drug-likeness (QED) is 0.730. The maximum Gasteiger partial charge on any atom is 0.224 e. The van der Waals surface area contributed by atoms with Gasteiger partial charge >= 0.3 is 0 Å². The van der Waals surface area contributed by atoms with Gasteiger partial charge in [-0.3, -0.25) is 0 Å². The van der Waals surface area contributed by atoms with Crippen LogP contribution in [0.5, 0.6) is 0 Å². The summed E-state index contributed by atoms with van der Waals surface area (Å²) in [6.07, 6.45) is 2.23. The summed E-state index contributed by atoms with van der Waals surface area (Å²) in [4.78, 5) is 8.75. The largest absolute Gasteiger partial charge is 0.395 e. The summed E-state index contributed by atoms with van der Waals surface area (Å²) in [5, 5.41) is 14.8. The molecule has 1 aliphatic rings. The summed E-state index contributed by atoms with van der Waals surface area (Å²) in [5.74, 6) is 1.08. The minimum Gasteiger partial charge on any atom is -0.395 e. The van der Waals surface area contributed by atoms with Crippen molar-refractivity contribution >= 4 is 33.4 Å². The van der Waals surface area contributed by atoms with Crippen LogP contribution in [0.3, 0.4) is 0 Å². The third-order valence-corrected chi connectivity index (χ3v) is 3.82. The lowest BCUT2D eigenvalue weighted by Crippen LogP contribution is -2.10. The minimum atomic E-state index is -0.356. The Morgan fingerprint density at radius 3 is 2.77 bits per heavy atom. The lowest BCUT2D eigenvalue weighted by atomic mass is 10.2. The summed E-state index contributed by atoms with van der Waals surface area (Å²) in [7, 11) is 0. The van der Waals surface area contributed by atoms with Crippen LogP contribution in [0.1, 0.15) is 24.5 Å². The molecule has 3 N–H and O–H groups in total. The van der Waals surface area contributed by atoms with E-state index in [9.17, 15) is 4.39 Å². The molecule has 7 heteroatoms. The van der Waals surface area contributed by atoms with Crippen LogP contribution in [0.2, 0.25) is 0 Å². The third kappa shape index (κ3) is 3.72. The van der Waals surface area contributed by atoms with E-state index in [-0.39, 0.29) is 12.4 Å². The van der Waals surface area contributed by atoms with Gasteiger partial charge in [0.2, 0.25) is 5.95 Å². The molecule has 0 aliphatic heterocycles. The Hall–Kier alpha value is -1.73. The molecule has 1 fully saturated rings. The van der Waals surface area contributed by atoms with Crippen molar-refractivity contribution in [3.63, 3.8) is 0 Å². The zero-order valence-corrected chi connectivity index (χ0v) is 13.4. The average Bonchev–Trinajstić information content (AvgIpc) is 3.33. The van der Waals surface area contributed by atoms with Gasteiger partial charge in [-0.25, -0.2) is 9.37 Å². The molecule has 0 unspecified atom stereocenters. The fourth-order valence-electron chi connectivity index (χ4n) is 2.09. The first-order valence-corrected chi connectivity index (χ1v) is 7.91. The molecule has 5 nitrogen and oxygen atoms in total. The first-order chi connectivity index (χ1) is 10.7. The molecule has 0 radical (unpaired) electrons. The first kappa shape index (κ1) is 15.2. The van der Waals surface area contributed by atoms with Gasteiger partial charge in [0.05, 0.1) is 18.0 Å². The van der Waals surface area contributed by atoms with Gasteiger partial charge in [0.25, 0.3) is 0 Å². The van der Waals surface area contributed by atoms with Crippen LogP contribution in [0.25, 0.3) is 0 Å². The van der Waals surface area contributed by atoms with E-state index in [1.165, 1.54) is 6.07 Å². The van der Waals surface area contributed by atoms with Gasteiger partial charge in [-0.05, 0) is 31.0 Å². The molecule has 0 spiro atoms. The van der Waals surface area contributed by atoms with Crippen LogP contribution >= 0.6 is 15.9 Å². The van der Waals surface area contributed by atoms with Crippen LogP contribution in [0.15, 0.2) is 28.7 Å². The lowest BCUT2D eigenvalue weighted by molar-refractivity contribution is 0.311. The van der Waals surface area contributed by atoms with E-state index < -0.39 is 0 Å². The number of anilines is 3. The van der Waals surface area contributed by atoms with Crippen LogP contribution in [-0.4, -0.2) is 28.2 Å². The highest BCUT2D eigenvalue weighted by Gasteiger charge is 2.26. The van der Waals surface area contributed by atoms with Gasteiger partial charge in [0, 0.05) is 23.0 Å². The maximum absolute atomic E-state index is 13.9. The summed E-state index contributed by atoms with van der Waals surface area (Å²) in [5.41, 5.74) is 1.30. The third-order valence-electron chi connectivity index (χ3n) is 3.33. The van der Waals surface area contributed by atoms with Crippen molar-refractivity contribution < 1.29 is 9.50 Å². The zero-order chi connectivity index (χ0) is 15.5. The SMILES string of the molecule is OCCNc1nc(Nc2ccc(Br)cc2F)cc(C2CC2)n1. The standard InChI is InChI=1S/C15H16BrFN4O/c16-10-3-4-12(11(17)7-10)19-14-8-13(9-1-2-9)20-15(21-14)18-5-6-22/h3-4,7-9,22H,1-2,5-6H2,(H2,18,19,20,21). The fraction of sp³-hybridized carbons (Fsp3) is 0.333. The van der Waals surface area contributed by atoms with Crippen molar-refractivity contribution in [2.45, 2.75) is 18.8 Å². The molecular formula is C15H16BrFN4O. The molecule has 1 aliphatic carbocycles. The minimum absolute atomic E-state index is 0.00111. The summed E-state index contributed by atoms with van der Waals surface area (Å²) in [6.45, 7) is 0.376. The molecular weight excluding hydrogens is 351 g/mol. The molecule has 1 aromatic carbocycles. The second kappa shape index (κ2) is 6.58. The molecule has 0 saturated heterocycles. The zero-order valence-electron chi connectivity index (χ0n) is 11.8. The van der Waals surface area contributed by atoms with Gasteiger partial charge in [0.1, 0.15) is 11.6 Å². The van der Waals surface area contributed by atoms with Crippen LogP contribution in [0, 0.1) is 5.82 Å². The first-order valence-electron chi connectivity index (χ1n) is 7.11. The Kier molecular flexibility index (Phi) is 4.54. The van der Waals surface area contributed by atoms with Gasteiger partial charge in [-0.2, -0.15) is 4.98 Å². The van der Waals surface area contributed by atoms with E-state index in [1.54, 1.807) is 12.1 Å². The predicted molar refractivity (Wildman–Crippen MR) is 87.0 cm³/mol. The summed E-state index contributed by atoms with van der Waals surface area (Å²) < 4.78 is 14.6. The molecule has 2 aromatic rings. The average molecular weight is 367 g/mol. The normalized spacial score (nSPS) is 14.0. The number of halogens is 2. The highest BCUT2D eigenvalue weighted by Crippen LogP contribution is 2.40. The summed E-state index contributed by atoms with van der Waals surface area (Å²) in [6, 6.07) is 6.66. The van der Waals surface area contributed by atoms with Crippen LogP contribution in [0.4, 0.5) is 21.8 Å². The Bertz CT molecular complexity index is 679. The Morgan fingerprint density at radius 2 is 2.09 bits per heavy atom. The molecule has 0 atom stereocenters. The number of nitrogens with one attached hydrogen (secondary N) is 2. The summed E-state index contributed by atoms with van der Waals surface area (Å²) >= 11 is 3.23. The van der Waals surface area contributed by atoms with Crippen molar-refractivity contribution in [2.24, 2.45) is 0 Å². The molecule has 0 amide bonds. The Morgan fingerprint density at radius 1 is 1.27 bits per heavy atom. The Balaban J connectivity index is 1.86. The van der Waals surface area contributed by atoms with Crippen molar-refractivity contribution in [3.8, 4) is 0 Å². The van der Waals surface area contributed by atoms with Gasteiger partial charge in [-0.15, -0.1) is 0 Å². The second-order valence-corrected chi connectivity index (χ2v) is 6.09. The number of rotatable bonds is 6. The number of benzene rings is 1. The second-order valence-electron chi connectivity index (χ2n) is 5.18. The number of aromatic nitrogens is 2. The van der Waals surface area contributed by atoms with Crippen molar-refractivity contribution in [3.05, 3.63) is 40.2 Å². The topological polar surface area (TPSA) is 70.1 Å². The highest BCUT2D eigenvalue weighted by atomic mass is 79.9. The van der Waals surface area contributed by atoms with Gasteiger partial charge < -0.3 is 15.7 Å². The van der Waals surface area contributed by atoms with Crippen LogP contribution in [-0.2, 0) is 0 Å². The van der Waals surface area contributed by atoms with E-state index >= 15 is 0 Å². The molecule has 3 rings (SSSR count). The number of aliphatic hydroxyl groups is 1. The van der Waals surface area contributed by atoms with E-state index in [0.717, 1.165) is 18.5 Å². The van der Waals surface area contributed by atoms with Gasteiger partial charge in [0.15, 0.2) is 0 Å². The smallest absolute Gasteiger partial charge is 0.224 e. The maximum atomic E-state index is 13.9. The molecule has 116 valence electrons. The van der Waals surface area contributed by atoms with Crippen LogP contribution < -0.4 is 10.6 Å². The van der Waals surface area contributed by atoms with E-state index in [4.69, 9.17) is 5.11 Å². The van der Waals surface area contributed by atoms with Crippen molar-refractivity contribution in [2.75, 3.05) is 23.8 Å². The molecule has 22 heavy (non-hydrogen) atoms. The van der Waals surface area contributed by atoms with Gasteiger partial charge in [-0.1, -0.05) is 15.9 Å². The highest BCUT2D eigenvalue weighted by molar-refractivity contribution is 9.10. The molecule has 1 heterocycles. The van der Waals surface area contributed by atoms with E-state index in [0.29, 0.717) is 34.4 Å². The van der Waals surface area contributed by atoms with E-state index in [2.05, 4.69) is 36.5 Å². The number of nitrogens with zero attached hydrogens (tertiary/aromatic N) is 2. The van der Waals surface area contributed by atoms with Crippen molar-refractivity contribution in [1.29, 1.82) is 0 Å². The molecule has 0 bridgehead atoms. The number of hydrogen-bond acceptors (Lipinski definition) is 5. The number of hydrogen-bond donors (Lipinski definition) is 3. The molecule has 1 saturated carbocycles. The molecule has 1 aromatic heterocycles.